The highest BCUT2D eigenvalue weighted by atomic mass is 16.6. The summed E-state index contributed by atoms with van der Waals surface area (Å²) in [4.78, 5) is 11.6. The van der Waals surface area contributed by atoms with Crippen molar-refractivity contribution in [2.24, 2.45) is 0 Å². The quantitative estimate of drug-likeness (QED) is 0.733. The molecule has 5 nitrogen and oxygen atoms in total. The number of methoxy groups -OCH3 is 2. The molecule has 0 amide bonds. The second kappa shape index (κ2) is 4.95. The van der Waals surface area contributed by atoms with E-state index in [0.717, 1.165) is 6.42 Å². The van der Waals surface area contributed by atoms with Crippen LogP contribution < -0.4 is 14.2 Å². The number of ether oxygens (including phenoxy) is 4. The molecule has 1 heterocycles. The number of esters is 1. The second-order valence-electron chi connectivity index (χ2n) is 3.52. The van der Waals surface area contributed by atoms with Crippen molar-refractivity contribution in [1.29, 1.82) is 0 Å². The lowest BCUT2D eigenvalue weighted by atomic mass is 10.1. The first-order valence-electron chi connectivity index (χ1n) is 5.33. The van der Waals surface area contributed by atoms with Crippen molar-refractivity contribution < 1.29 is 23.7 Å². The van der Waals surface area contributed by atoms with E-state index in [9.17, 15) is 4.79 Å². The predicted octanol–water partition coefficient (Wildman–Crippen LogP) is 1.64. The maximum atomic E-state index is 11.6. The van der Waals surface area contributed by atoms with Gasteiger partial charge >= 0.3 is 5.97 Å². The molecule has 0 bridgehead atoms. The normalized spacial score (nSPS) is 13.8. The zero-order chi connectivity index (χ0) is 12.3. The Morgan fingerprint density at radius 3 is 2.53 bits per heavy atom. The first kappa shape index (κ1) is 11.6. The number of hydrogen-bond donors (Lipinski definition) is 0. The molecule has 1 aromatic carbocycles. The number of rotatable bonds is 2. The van der Waals surface area contributed by atoms with E-state index in [-0.39, 0.29) is 0 Å². The Kier molecular flexibility index (Phi) is 3.37. The molecule has 1 aromatic rings. The van der Waals surface area contributed by atoms with Crippen molar-refractivity contribution in [3.63, 3.8) is 0 Å². The fourth-order valence-electron chi connectivity index (χ4n) is 1.66. The third kappa shape index (κ3) is 2.13. The Morgan fingerprint density at radius 2 is 1.88 bits per heavy atom. The standard InChI is InChI=1S/C12H14O5/c1-14-9-5-4-8(12(13)15-2)10-11(9)17-7-3-6-16-10/h4-5H,3,6-7H2,1-2H3. The van der Waals surface area contributed by atoms with Crippen LogP contribution in [0.4, 0.5) is 0 Å². The van der Waals surface area contributed by atoms with Crippen LogP contribution >= 0.6 is 0 Å². The highest BCUT2D eigenvalue weighted by Gasteiger charge is 2.23. The number of fused-ring (bicyclic) bond motifs is 1. The van der Waals surface area contributed by atoms with Crippen LogP contribution in [0.5, 0.6) is 17.2 Å². The number of carbonyl (C=O) groups excluding carboxylic acids is 1. The topological polar surface area (TPSA) is 54.0 Å². The van der Waals surface area contributed by atoms with Crippen molar-refractivity contribution in [3.05, 3.63) is 17.7 Å². The van der Waals surface area contributed by atoms with Gasteiger partial charge in [0.15, 0.2) is 11.5 Å². The van der Waals surface area contributed by atoms with E-state index >= 15 is 0 Å². The van der Waals surface area contributed by atoms with Crippen molar-refractivity contribution >= 4 is 5.97 Å². The molecular formula is C12H14O5. The van der Waals surface area contributed by atoms with Crippen molar-refractivity contribution in [2.45, 2.75) is 6.42 Å². The second-order valence-corrected chi connectivity index (χ2v) is 3.52. The molecule has 92 valence electrons. The minimum absolute atomic E-state index is 0.352. The first-order chi connectivity index (χ1) is 8.27. The lowest BCUT2D eigenvalue weighted by Gasteiger charge is -2.14. The third-order valence-electron chi connectivity index (χ3n) is 2.48. The first-order valence-corrected chi connectivity index (χ1v) is 5.33. The summed E-state index contributed by atoms with van der Waals surface area (Å²) in [7, 11) is 2.87. The summed E-state index contributed by atoms with van der Waals surface area (Å²) in [5, 5.41) is 0. The monoisotopic (exact) mass is 238 g/mol. The Labute approximate surface area is 99.2 Å². The van der Waals surface area contributed by atoms with Crippen molar-refractivity contribution in [1.82, 2.24) is 0 Å². The molecule has 1 aliphatic heterocycles. The Bertz CT molecular complexity index is 427. The largest absolute Gasteiger partial charge is 0.493 e. The lowest BCUT2D eigenvalue weighted by Crippen LogP contribution is -2.06. The highest BCUT2D eigenvalue weighted by molar-refractivity contribution is 5.94. The summed E-state index contributed by atoms with van der Waals surface area (Å²) in [6.45, 7) is 1.04. The third-order valence-corrected chi connectivity index (χ3v) is 2.48. The molecule has 0 N–H and O–H groups in total. The molecule has 0 aliphatic carbocycles. The summed E-state index contributed by atoms with van der Waals surface area (Å²) in [6.07, 6.45) is 0.762. The number of hydrogen-bond acceptors (Lipinski definition) is 5. The molecule has 0 saturated heterocycles. The molecule has 17 heavy (non-hydrogen) atoms. The Balaban J connectivity index is 2.52. The van der Waals surface area contributed by atoms with Crippen molar-refractivity contribution in [2.75, 3.05) is 27.4 Å². The molecular weight excluding hydrogens is 224 g/mol. The fraction of sp³-hybridized carbons (Fsp3) is 0.417. The van der Waals surface area contributed by atoms with E-state index in [1.54, 1.807) is 19.2 Å². The zero-order valence-electron chi connectivity index (χ0n) is 9.82. The number of carbonyl (C=O) groups is 1. The Morgan fingerprint density at radius 1 is 1.18 bits per heavy atom. The van der Waals surface area contributed by atoms with Crippen LogP contribution in [0.15, 0.2) is 12.1 Å². The van der Waals surface area contributed by atoms with E-state index in [0.29, 0.717) is 36.0 Å². The van der Waals surface area contributed by atoms with Gasteiger partial charge in [0.1, 0.15) is 5.56 Å². The SMILES string of the molecule is COC(=O)c1ccc(OC)c2c1OCCCO2. The van der Waals surface area contributed by atoms with Gasteiger partial charge in [0.05, 0.1) is 27.4 Å². The minimum atomic E-state index is -0.450. The smallest absolute Gasteiger partial charge is 0.341 e. The average molecular weight is 238 g/mol. The van der Waals surface area contributed by atoms with Crippen molar-refractivity contribution in [3.8, 4) is 17.2 Å². The van der Waals surface area contributed by atoms with Crippen LogP contribution in [0.25, 0.3) is 0 Å². The van der Waals surface area contributed by atoms with Crippen LogP contribution in [0.2, 0.25) is 0 Å². The van der Waals surface area contributed by atoms with Gasteiger partial charge in [-0.3, -0.25) is 0 Å². The molecule has 0 fully saturated rings. The van der Waals surface area contributed by atoms with Crippen LogP contribution in [0.3, 0.4) is 0 Å². The molecule has 1 aliphatic rings. The maximum Gasteiger partial charge on any atom is 0.341 e. The molecule has 0 spiro atoms. The van der Waals surface area contributed by atoms with Gasteiger partial charge in [-0.2, -0.15) is 0 Å². The molecule has 0 radical (unpaired) electrons. The van der Waals surface area contributed by atoms with Gasteiger partial charge in [-0.15, -0.1) is 0 Å². The van der Waals surface area contributed by atoms with E-state index in [1.807, 2.05) is 0 Å². The zero-order valence-corrected chi connectivity index (χ0v) is 9.82. The van der Waals surface area contributed by atoms with E-state index < -0.39 is 5.97 Å². The fourth-order valence-corrected chi connectivity index (χ4v) is 1.66. The molecule has 2 rings (SSSR count). The molecule has 0 atom stereocenters. The highest BCUT2D eigenvalue weighted by Crippen LogP contribution is 2.41. The van der Waals surface area contributed by atoms with Crippen LogP contribution in [-0.2, 0) is 4.74 Å². The molecule has 0 saturated carbocycles. The summed E-state index contributed by atoms with van der Waals surface area (Å²) in [5.41, 5.74) is 0.352. The van der Waals surface area contributed by atoms with Gasteiger partial charge in [-0.25, -0.2) is 4.79 Å². The summed E-state index contributed by atoms with van der Waals surface area (Å²) in [5.74, 6) is 0.963. The van der Waals surface area contributed by atoms with E-state index in [2.05, 4.69) is 0 Å². The van der Waals surface area contributed by atoms with E-state index in [4.69, 9.17) is 18.9 Å². The summed E-state index contributed by atoms with van der Waals surface area (Å²) >= 11 is 0. The number of benzene rings is 1. The lowest BCUT2D eigenvalue weighted by molar-refractivity contribution is 0.0596. The van der Waals surface area contributed by atoms with Crippen LogP contribution in [0, 0.1) is 0 Å². The van der Waals surface area contributed by atoms with Gasteiger partial charge in [0.2, 0.25) is 5.75 Å². The van der Waals surface area contributed by atoms with Gasteiger partial charge in [0.25, 0.3) is 0 Å². The van der Waals surface area contributed by atoms with Gasteiger partial charge in [0, 0.05) is 6.42 Å². The average Bonchev–Trinajstić information content (AvgIpc) is 2.62. The summed E-state index contributed by atoms with van der Waals surface area (Å²) < 4.78 is 21.0. The Hall–Kier alpha value is -1.91. The maximum absolute atomic E-state index is 11.6. The van der Waals surface area contributed by atoms with Gasteiger partial charge in [-0.05, 0) is 12.1 Å². The van der Waals surface area contributed by atoms with Gasteiger partial charge in [-0.1, -0.05) is 0 Å². The van der Waals surface area contributed by atoms with Crippen LogP contribution in [-0.4, -0.2) is 33.4 Å². The van der Waals surface area contributed by atoms with Gasteiger partial charge < -0.3 is 18.9 Å². The molecule has 0 unspecified atom stereocenters. The van der Waals surface area contributed by atoms with Crippen LogP contribution in [0.1, 0.15) is 16.8 Å². The molecule has 0 aromatic heterocycles. The summed E-state index contributed by atoms with van der Waals surface area (Å²) in [6, 6.07) is 3.28. The minimum Gasteiger partial charge on any atom is -0.493 e. The molecule has 5 heteroatoms. The predicted molar refractivity (Wildman–Crippen MR) is 59.9 cm³/mol. The van der Waals surface area contributed by atoms with E-state index in [1.165, 1.54) is 7.11 Å².